The van der Waals surface area contributed by atoms with Gasteiger partial charge in [-0.25, -0.2) is 4.39 Å². The summed E-state index contributed by atoms with van der Waals surface area (Å²) in [6.07, 6.45) is 0. The molecule has 1 heterocycles. The first kappa shape index (κ1) is 11.1. The molecular weight excluding hydrogens is 229 g/mol. The van der Waals surface area contributed by atoms with E-state index in [9.17, 15) is 9.18 Å². The number of rotatable bonds is 2. The Balaban J connectivity index is 2.01. The maximum atomic E-state index is 13.6. The molecule has 3 rings (SSSR count). The van der Waals surface area contributed by atoms with E-state index in [-0.39, 0.29) is 11.3 Å². The molecule has 2 aromatic rings. The van der Waals surface area contributed by atoms with E-state index in [0.29, 0.717) is 5.56 Å². The Labute approximate surface area is 104 Å². The monoisotopic (exact) mass is 241 g/mol. The molecule has 0 unspecified atom stereocenters. The van der Waals surface area contributed by atoms with Gasteiger partial charge in [0.2, 0.25) is 0 Å². The average molecular weight is 241 g/mol. The van der Waals surface area contributed by atoms with E-state index in [4.69, 9.17) is 0 Å². The maximum Gasteiger partial charge on any atom is 0.195 e. The fourth-order valence-electron chi connectivity index (χ4n) is 2.24. The first-order chi connectivity index (χ1) is 8.75. The molecule has 0 aromatic heterocycles. The Morgan fingerprint density at radius 2 is 1.83 bits per heavy atom. The fourth-order valence-corrected chi connectivity index (χ4v) is 2.24. The SMILES string of the molecule is O=C(c1ccc2c(c1)CNC2)c1ccccc1F. The zero-order valence-corrected chi connectivity index (χ0v) is 9.74. The molecule has 18 heavy (non-hydrogen) atoms. The normalized spacial score (nSPS) is 13.4. The van der Waals surface area contributed by atoms with Gasteiger partial charge in [0.15, 0.2) is 5.78 Å². The first-order valence-electron chi connectivity index (χ1n) is 5.87. The zero-order valence-electron chi connectivity index (χ0n) is 9.74. The topological polar surface area (TPSA) is 29.1 Å². The van der Waals surface area contributed by atoms with Crippen LogP contribution >= 0.6 is 0 Å². The van der Waals surface area contributed by atoms with Gasteiger partial charge in [0.1, 0.15) is 5.82 Å². The van der Waals surface area contributed by atoms with E-state index in [1.165, 1.54) is 17.7 Å². The van der Waals surface area contributed by atoms with E-state index in [2.05, 4.69) is 5.32 Å². The molecule has 3 heteroatoms. The molecular formula is C15H12FNO. The van der Waals surface area contributed by atoms with Crippen LogP contribution in [0.5, 0.6) is 0 Å². The van der Waals surface area contributed by atoms with Gasteiger partial charge in [0.25, 0.3) is 0 Å². The molecule has 2 nitrogen and oxygen atoms in total. The Morgan fingerprint density at radius 3 is 2.67 bits per heavy atom. The molecule has 1 aliphatic heterocycles. The van der Waals surface area contributed by atoms with Crippen LogP contribution in [0.1, 0.15) is 27.0 Å². The van der Waals surface area contributed by atoms with Gasteiger partial charge in [-0.3, -0.25) is 4.79 Å². The molecule has 0 fully saturated rings. The van der Waals surface area contributed by atoms with Crippen LogP contribution in [0, 0.1) is 5.82 Å². The average Bonchev–Trinajstić information content (AvgIpc) is 2.85. The van der Waals surface area contributed by atoms with E-state index >= 15 is 0 Å². The third-order valence-electron chi connectivity index (χ3n) is 3.22. The molecule has 0 amide bonds. The summed E-state index contributed by atoms with van der Waals surface area (Å²) >= 11 is 0. The molecule has 1 aliphatic rings. The van der Waals surface area contributed by atoms with Gasteiger partial charge in [-0.15, -0.1) is 0 Å². The van der Waals surface area contributed by atoms with Gasteiger partial charge in [-0.05, 0) is 29.3 Å². The Morgan fingerprint density at radius 1 is 1.06 bits per heavy atom. The molecule has 0 radical (unpaired) electrons. The second-order valence-electron chi connectivity index (χ2n) is 4.40. The minimum absolute atomic E-state index is 0.128. The van der Waals surface area contributed by atoms with Crippen molar-refractivity contribution in [3.8, 4) is 0 Å². The highest BCUT2D eigenvalue weighted by Crippen LogP contribution is 2.20. The number of halogens is 1. The largest absolute Gasteiger partial charge is 0.309 e. The van der Waals surface area contributed by atoms with Crippen LogP contribution in [0.4, 0.5) is 4.39 Å². The van der Waals surface area contributed by atoms with Gasteiger partial charge in [-0.2, -0.15) is 0 Å². The number of carbonyl (C=O) groups is 1. The van der Waals surface area contributed by atoms with Crippen LogP contribution in [0.25, 0.3) is 0 Å². The van der Waals surface area contributed by atoms with Crippen molar-refractivity contribution in [3.63, 3.8) is 0 Å². The standard InChI is InChI=1S/C15H12FNO/c16-14-4-2-1-3-13(14)15(18)10-5-6-11-8-17-9-12(11)7-10/h1-7,17H,8-9H2. The fraction of sp³-hybridized carbons (Fsp3) is 0.133. The van der Waals surface area contributed by atoms with E-state index in [1.807, 2.05) is 12.1 Å². The maximum absolute atomic E-state index is 13.6. The lowest BCUT2D eigenvalue weighted by molar-refractivity contribution is 0.103. The van der Waals surface area contributed by atoms with Crippen molar-refractivity contribution < 1.29 is 9.18 Å². The number of hydrogen-bond acceptors (Lipinski definition) is 2. The van der Waals surface area contributed by atoms with Crippen molar-refractivity contribution in [3.05, 3.63) is 70.5 Å². The third kappa shape index (κ3) is 1.83. The summed E-state index contributed by atoms with van der Waals surface area (Å²) in [6.45, 7) is 1.61. The summed E-state index contributed by atoms with van der Waals surface area (Å²) in [6, 6.07) is 11.6. The second kappa shape index (κ2) is 4.35. The van der Waals surface area contributed by atoms with Crippen LogP contribution in [-0.4, -0.2) is 5.78 Å². The summed E-state index contributed by atoms with van der Waals surface area (Å²) in [7, 11) is 0. The first-order valence-corrected chi connectivity index (χ1v) is 5.87. The number of carbonyl (C=O) groups excluding carboxylic acids is 1. The molecule has 0 aliphatic carbocycles. The summed E-state index contributed by atoms with van der Waals surface area (Å²) < 4.78 is 13.6. The van der Waals surface area contributed by atoms with Crippen LogP contribution < -0.4 is 5.32 Å². The Bertz CT molecular complexity index is 622. The van der Waals surface area contributed by atoms with Crippen molar-refractivity contribution in [1.29, 1.82) is 0 Å². The highest BCUT2D eigenvalue weighted by atomic mass is 19.1. The van der Waals surface area contributed by atoms with Gasteiger partial charge < -0.3 is 5.32 Å². The lowest BCUT2D eigenvalue weighted by Crippen LogP contribution is -2.05. The van der Waals surface area contributed by atoms with E-state index in [1.54, 1.807) is 18.2 Å². The van der Waals surface area contributed by atoms with Crippen LogP contribution in [0.15, 0.2) is 42.5 Å². The predicted octanol–water partition coefficient (Wildman–Crippen LogP) is 2.66. The number of ketones is 1. The highest BCUT2D eigenvalue weighted by molar-refractivity contribution is 6.09. The minimum atomic E-state index is -0.471. The Hall–Kier alpha value is -2.00. The molecule has 0 spiro atoms. The smallest absolute Gasteiger partial charge is 0.195 e. The Kier molecular flexibility index (Phi) is 2.68. The molecule has 0 saturated carbocycles. The van der Waals surface area contributed by atoms with Crippen molar-refractivity contribution in [2.75, 3.05) is 0 Å². The van der Waals surface area contributed by atoms with Crippen LogP contribution in [0.3, 0.4) is 0 Å². The van der Waals surface area contributed by atoms with Gasteiger partial charge in [0, 0.05) is 18.7 Å². The molecule has 0 atom stereocenters. The summed E-state index contributed by atoms with van der Waals surface area (Å²) in [5, 5.41) is 3.22. The molecule has 2 aromatic carbocycles. The van der Waals surface area contributed by atoms with Crippen molar-refractivity contribution in [1.82, 2.24) is 5.32 Å². The number of fused-ring (bicyclic) bond motifs is 1. The van der Waals surface area contributed by atoms with Crippen molar-refractivity contribution in [2.45, 2.75) is 13.1 Å². The number of nitrogens with one attached hydrogen (secondary N) is 1. The van der Waals surface area contributed by atoms with E-state index < -0.39 is 5.82 Å². The summed E-state index contributed by atoms with van der Waals surface area (Å²) in [5.74, 6) is -0.732. The number of benzene rings is 2. The van der Waals surface area contributed by atoms with E-state index in [0.717, 1.165) is 18.7 Å². The predicted molar refractivity (Wildman–Crippen MR) is 66.8 cm³/mol. The van der Waals surface area contributed by atoms with Crippen molar-refractivity contribution in [2.24, 2.45) is 0 Å². The van der Waals surface area contributed by atoms with Crippen molar-refractivity contribution >= 4 is 5.78 Å². The minimum Gasteiger partial charge on any atom is -0.309 e. The van der Waals surface area contributed by atoms with Crippen LogP contribution in [-0.2, 0) is 13.1 Å². The van der Waals surface area contributed by atoms with Crippen LogP contribution in [0.2, 0.25) is 0 Å². The lowest BCUT2D eigenvalue weighted by atomic mass is 9.99. The molecule has 0 bridgehead atoms. The second-order valence-corrected chi connectivity index (χ2v) is 4.40. The lowest BCUT2D eigenvalue weighted by Gasteiger charge is -2.04. The summed E-state index contributed by atoms with van der Waals surface area (Å²) in [4.78, 5) is 12.2. The molecule has 1 N–H and O–H groups in total. The zero-order chi connectivity index (χ0) is 12.5. The summed E-state index contributed by atoms with van der Waals surface area (Å²) in [5.41, 5.74) is 3.00. The van der Waals surface area contributed by atoms with Gasteiger partial charge in [0.05, 0.1) is 5.56 Å². The molecule has 0 saturated heterocycles. The third-order valence-corrected chi connectivity index (χ3v) is 3.22. The molecule has 90 valence electrons. The quantitative estimate of drug-likeness (QED) is 0.819. The number of hydrogen-bond donors (Lipinski definition) is 1. The van der Waals surface area contributed by atoms with Gasteiger partial charge in [-0.1, -0.05) is 24.3 Å². The van der Waals surface area contributed by atoms with Gasteiger partial charge >= 0.3 is 0 Å². The highest BCUT2D eigenvalue weighted by Gasteiger charge is 2.16.